The first kappa shape index (κ1) is 22.9. The Kier molecular flexibility index (Phi) is 7.98. The molecule has 7 heteroatoms. The Labute approximate surface area is 176 Å². The number of amides is 1. The van der Waals surface area contributed by atoms with Crippen LogP contribution in [0.1, 0.15) is 48.4 Å². The fraction of sp³-hybridized carbons (Fsp3) is 0.348. The van der Waals surface area contributed by atoms with Gasteiger partial charge in [-0.2, -0.15) is 0 Å². The maximum Gasteiger partial charge on any atom is 0.338 e. The molecule has 2 rings (SSSR count). The number of methoxy groups -OCH3 is 1. The summed E-state index contributed by atoms with van der Waals surface area (Å²) in [6.07, 6.45) is -0.980. The zero-order chi connectivity index (χ0) is 22.3. The lowest BCUT2D eigenvalue weighted by Crippen LogP contribution is -2.24. The van der Waals surface area contributed by atoms with E-state index in [9.17, 15) is 14.4 Å². The highest BCUT2D eigenvalue weighted by Gasteiger charge is 2.21. The Bertz CT molecular complexity index is 904. The third kappa shape index (κ3) is 5.83. The second-order valence-corrected chi connectivity index (χ2v) is 6.93. The van der Waals surface area contributed by atoms with E-state index in [0.29, 0.717) is 29.4 Å². The van der Waals surface area contributed by atoms with Gasteiger partial charge < -0.3 is 19.5 Å². The molecule has 0 spiro atoms. The summed E-state index contributed by atoms with van der Waals surface area (Å²) < 4.78 is 16.0. The predicted octanol–water partition coefficient (Wildman–Crippen LogP) is 4.12. The quantitative estimate of drug-likeness (QED) is 0.491. The lowest BCUT2D eigenvalue weighted by molar-refractivity contribution is -0.118. The van der Waals surface area contributed by atoms with E-state index in [1.54, 1.807) is 50.2 Å². The minimum absolute atomic E-state index is 0.109. The normalized spacial score (nSPS) is 11.5. The van der Waals surface area contributed by atoms with Crippen molar-refractivity contribution in [3.63, 3.8) is 0 Å². The molecule has 0 aliphatic rings. The molecule has 1 amide bonds. The Hall–Kier alpha value is -3.35. The number of esters is 1. The molecular weight excluding hydrogens is 386 g/mol. The molecule has 30 heavy (non-hydrogen) atoms. The second kappa shape index (κ2) is 10.4. The highest BCUT2D eigenvalue weighted by molar-refractivity contribution is 6.02. The van der Waals surface area contributed by atoms with E-state index in [0.717, 1.165) is 0 Å². The molecule has 0 bridgehead atoms. The van der Waals surface area contributed by atoms with Crippen LogP contribution in [0.3, 0.4) is 0 Å². The number of hydrogen-bond donors (Lipinski definition) is 1. The standard InChI is InChI=1S/C23H27NO6/c1-6-29-20-13-17(9-12-19(20)28-5)23(27)30-15(4)21(25)16-7-10-18(11-8-16)24-22(26)14(2)3/h7-15H,6H2,1-5H3,(H,24,26)/t15-/m1/s1. The van der Waals surface area contributed by atoms with Crippen LogP contribution in [0.5, 0.6) is 11.5 Å². The summed E-state index contributed by atoms with van der Waals surface area (Å²) in [4.78, 5) is 36.8. The Balaban J connectivity index is 2.05. The van der Waals surface area contributed by atoms with E-state index in [-0.39, 0.29) is 23.2 Å². The van der Waals surface area contributed by atoms with Crippen molar-refractivity contribution in [2.75, 3.05) is 19.0 Å². The number of benzene rings is 2. The first-order valence-corrected chi connectivity index (χ1v) is 9.73. The van der Waals surface area contributed by atoms with Gasteiger partial charge in [-0.15, -0.1) is 0 Å². The number of nitrogens with one attached hydrogen (secondary N) is 1. The maximum atomic E-state index is 12.6. The van der Waals surface area contributed by atoms with E-state index < -0.39 is 12.1 Å². The molecule has 160 valence electrons. The maximum absolute atomic E-state index is 12.6. The van der Waals surface area contributed by atoms with Gasteiger partial charge in [-0.05, 0) is 56.3 Å². The highest BCUT2D eigenvalue weighted by atomic mass is 16.5. The number of hydrogen-bond acceptors (Lipinski definition) is 6. The summed E-state index contributed by atoms with van der Waals surface area (Å²) in [5.74, 6) is -0.312. The molecule has 1 atom stereocenters. The van der Waals surface area contributed by atoms with Crippen molar-refractivity contribution in [2.24, 2.45) is 5.92 Å². The molecular formula is C23H27NO6. The van der Waals surface area contributed by atoms with Crippen LogP contribution >= 0.6 is 0 Å². The molecule has 0 aliphatic carbocycles. The zero-order valence-electron chi connectivity index (χ0n) is 17.9. The number of anilines is 1. The minimum Gasteiger partial charge on any atom is -0.493 e. The number of rotatable bonds is 9. The van der Waals surface area contributed by atoms with Gasteiger partial charge >= 0.3 is 5.97 Å². The van der Waals surface area contributed by atoms with Crippen LogP contribution in [0.4, 0.5) is 5.69 Å². The minimum atomic E-state index is -0.980. The average molecular weight is 413 g/mol. The molecule has 0 saturated carbocycles. The third-order valence-corrected chi connectivity index (χ3v) is 4.31. The van der Waals surface area contributed by atoms with Gasteiger partial charge in [0.2, 0.25) is 11.7 Å². The predicted molar refractivity (Wildman–Crippen MR) is 113 cm³/mol. The number of ketones is 1. The summed E-state index contributed by atoms with van der Waals surface area (Å²) in [7, 11) is 1.51. The smallest absolute Gasteiger partial charge is 0.338 e. The Morgan fingerprint density at radius 2 is 1.57 bits per heavy atom. The van der Waals surface area contributed by atoms with E-state index in [1.807, 2.05) is 6.92 Å². The van der Waals surface area contributed by atoms with Gasteiger partial charge in [0.1, 0.15) is 0 Å². The van der Waals surface area contributed by atoms with E-state index in [1.165, 1.54) is 20.1 Å². The summed E-state index contributed by atoms with van der Waals surface area (Å²) in [5.41, 5.74) is 1.23. The highest BCUT2D eigenvalue weighted by Crippen LogP contribution is 2.28. The summed E-state index contributed by atoms with van der Waals surface area (Å²) >= 11 is 0. The van der Waals surface area contributed by atoms with Crippen molar-refractivity contribution in [3.8, 4) is 11.5 Å². The molecule has 1 N–H and O–H groups in total. The first-order valence-electron chi connectivity index (χ1n) is 9.73. The summed E-state index contributed by atoms with van der Waals surface area (Å²) in [6, 6.07) is 11.1. The van der Waals surface area contributed by atoms with Gasteiger partial charge in [0.15, 0.2) is 17.6 Å². The largest absolute Gasteiger partial charge is 0.493 e. The molecule has 0 saturated heterocycles. The van der Waals surface area contributed by atoms with Crippen molar-refractivity contribution in [3.05, 3.63) is 53.6 Å². The van der Waals surface area contributed by atoms with Crippen LogP contribution in [-0.4, -0.2) is 37.5 Å². The zero-order valence-corrected chi connectivity index (χ0v) is 17.9. The Morgan fingerprint density at radius 3 is 2.13 bits per heavy atom. The molecule has 7 nitrogen and oxygen atoms in total. The average Bonchev–Trinajstić information content (AvgIpc) is 2.73. The van der Waals surface area contributed by atoms with Crippen molar-refractivity contribution >= 4 is 23.3 Å². The molecule has 0 aromatic heterocycles. The molecule has 0 fully saturated rings. The SMILES string of the molecule is CCOc1cc(C(=O)O[C@H](C)C(=O)c2ccc(NC(=O)C(C)C)cc2)ccc1OC. The third-order valence-electron chi connectivity index (χ3n) is 4.31. The number of carbonyl (C=O) groups is 3. The lowest BCUT2D eigenvalue weighted by atomic mass is 10.1. The molecule has 0 aliphatic heterocycles. The number of ether oxygens (including phenoxy) is 3. The van der Waals surface area contributed by atoms with Crippen LogP contribution in [0.2, 0.25) is 0 Å². The van der Waals surface area contributed by atoms with Crippen LogP contribution in [0.25, 0.3) is 0 Å². The lowest BCUT2D eigenvalue weighted by Gasteiger charge is -2.14. The molecule has 0 radical (unpaired) electrons. The monoisotopic (exact) mass is 413 g/mol. The first-order chi connectivity index (χ1) is 14.3. The molecule has 0 unspecified atom stereocenters. The van der Waals surface area contributed by atoms with Crippen molar-refractivity contribution in [2.45, 2.75) is 33.8 Å². The van der Waals surface area contributed by atoms with Gasteiger partial charge in [0, 0.05) is 17.2 Å². The summed E-state index contributed by atoms with van der Waals surface area (Å²) in [6.45, 7) is 7.34. The van der Waals surface area contributed by atoms with Crippen molar-refractivity contribution in [1.82, 2.24) is 0 Å². The van der Waals surface area contributed by atoms with Crippen molar-refractivity contribution in [1.29, 1.82) is 0 Å². The van der Waals surface area contributed by atoms with Crippen molar-refractivity contribution < 1.29 is 28.6 Å². The Morgan fingerprint density at radius 1 is 0.933 bits per heavy atom. The van der Waals surface area contributed by atoms with Crippen LogP contribution in [-0.2, 0) is 9.53 Å². The second-order valence-electron chi connectivity index (χ2n) is 6.93. The van der Waals surface area contributed by atoms with E-state index >= 15 is 0 Å². The van der Waals surface area contributed by atoms with Crippen LogP contribution in [0, 0.1) is 5.92 Å². The van der Waals surface area contributed by atoms with E-state index in [4.69, 9.17) is 14.2 Å². The van der Waals surface area contributed by atoms with Gasteiger partial charge in [0.25, 0.3) is 0 Å². The van der Waals surface area contributed by atoms with Gasteiger partial charge in [-0.1, -0.05) is 13.8 Å². The topological polar surface area (TPSA) is 90.9 Å². The van der Waals surface area contributed by atoms with Gasteiger partial charge in [-0.25, -0.2) is 4.79 Å². The molecule has 2 aromatic rings. The van der Waals surface area contributed by atoms with Gasteiger partial charge in [0.05, 0.1) is 19.3 Å². The fourth-order valence-electron chi connectivity index (χ4n) is 2.59. The summed E-state index contributed by atoms with van der Waals surface area (Å²) in [5, 5.41) is 2.76. The van der Waals surface area contributed by atoms with Gasteiger partial charge in [-0.3, -0.25) is 9.59 Å². The fourth-order valence-corrected chi connectivity index (χ4v) is 2.59. The van der Waals surface area contributed by atoms with E-state index in [2.05, 4.69) is 5.32 Å². The molecule has 2 aromatic carbocycles. The van der Waals surface area contributed by atoms with Crippen LogP contribution < -0.4 is 14.8 Å². The number of carbonyl (C=O) groups excluding carboxylic acids is 3. The molecule has 0 heterocycles. The number of Topliss-reactive ketones (excluding diaryl/α,β-unsaturated/α-hetero) is 1. The van der Waals surface area contributed by atoms with Crippen LogP contribution in [0.15, 0.2) is 42.5 Å².